The molecule has 2 aromatic rings. The van der Waals surface area contributed by atoms with Crippen molar-refractivity contribution in [2.45, 2.75) is 12.8 Å². The van der Waals surface area contributed by atoms with Gasteiger partial charge in [-0.1, -0.05) is 12.1 Å². The molecule has 0 amide bonds. The summed E-state index contributed by atoms with van der Waals surface area (Å²) >= 11 is 6.16. The summed E-state index contributed by atoms with van der Waals surface area (Å²) in [6, 6.07) is 7.61. The highest BCUT2D eigenvalue weighted by Gasteiger charge is 2.31. The van der Waals surface area contributed by atoms with Gasteiger partial charge in [0.2, 0.25) is 0 Å². The van der Waals surface area contributed by atoms with Gasteiger partial charge in [-0.05, 0) is 18.6 Å². The molecular weight excluding hydrogens is 274 g/mol. The third-order valence-corrected chi connectivity index (χ3v) is 4.47. The zero-order valence-corrected chi connectivity index (χ0v) is 12.4. The number of halogens is 1. The Morgan fingerprint density at radius 1 is 1.45 bits per heavy atom. The molecule has 0 radical (unpaired) electrons. The molecule has 0 spiro atoms. The molecule has 0 fully saturated rings. The first-order chi connectivity index (χ1) is 9.71. The van der Waals surface area contributed by atoms with Crippen LogP contribution in [-0.4, -0.2) is 31.2 Å². The van der Waals surface area contributed by atoms with Crippen LogP contribution in [-0.2, 0) is 0 Å². The summed E-state index contributed by atoms with van der Waals surface area (Å²) in [4.78, 5) is 2.26. The molecule has 2 aromatic carbocycles. The van der Waals surface area contributed by atoms with Gasteiger partial charge in [0.15, 0.2) is 0 Å². The molecule has 0 unspecified atom stereocenters. The summed E-state index contributed by atoms with van der Waals surface area (Å²) in [5, 5.41) is 12.1. The lowest BCUT2D eigenvalue weighted by Gasteiger charge is -2.18. The Balaban J connectivity index is 2.39. The van der Waals surface area contributed by atoms with Crippen LogP contribution < -0.4 is 9.64 Å². The van der Waals surface area contributed by atoms with E-state index in [2.05, 4.69) is 11.8 Å². The molecule has 1 atom stereocenters. The van der Waals surface area contributed by atoms with Crippen LogP contribution in [0.2, 0.25) is 0 Å². The molecule has 0 aliphatic carbocycles. The largest absolute Gasteiger partial charge is 0.507 e. The van der Waals surface area contributed by atoms with Crippen LogP contribution in [0.1, 0.15) is 18.4 Å². The van der Waals surface area contributed by atoms with E-state index in [4.69, 9.17) is 16.3 Å². The molecule has 0 bridgehead atoms. The van der Waals surface area contributed by atoms with E-state index in [1.165, 1.54) is 5.56 Å². The Labute approximate surface area is 123 Å². The number of hydrogen-bond acceptors (Lipinski definition) is 3. The van der Waals surface area contributed by atoms with Crippen molar-refractivity contribution in [2.75, 3.05) is 31.0 Å². The van der Waals surface area contributed by atoms with Crippen molar-refractivity contribution >= 4 is 28.1 Å². The van der Waals surface area contributed by atoms with Crippen LogP contribution in [0.5, 0.6) is 11.5 Å². The van der Waals surface area contributed by atoms with Crippen LogP contribution in [0, 0.1) is 0 Å². The van der Waals surface area contributed by atoms with Crippen molar-refractivity contribution in [3.8, 4) is 11.5 Å². The lowest BCUT2D eigenvalue weighted by Crippen LogP contribution is -2.21. The third kappa shape index (κ3) is 1.80. The summed E-state index contributed by atoms with van der Waals surface area (Å²) in [5.41, 5.74) is 2.28. The highest BCUT2D eigenvalue weighted by Crippen LogP contribution is 2.47. The van der Waals surface area contributed by atoms with Crippen molar-refractivity contribution in [3.05, 3.63) is 29.8 Å². The quantitative estimate of drug-likeness (QED) is 0.875. The summed E-state index contributed by atoms with van der Waals surface area (Å²) in [5.74, 6) is 1.93. The fourth-order valence-corrected chi connectivity index (χ4v) is 3.41. The molecule has 3 rings (SSSR count). The van der Waals surface area contributed by atoms with Gasteiger partial charge in [0, 0.05) is 47.4 Å². The van der Waals surface area contributed by atoms with E-state index >= 15 is 0 Å². The summed E-state index contributed by atoms with van der Waals surface area (Å²) in [6.07, 6.45) is 0. The summed E-state index contributed by atoms with van der Waals surface area (Å²) < 4.78 is 5.50. The van der Waals surface area contributed by atoms with Crippen LogP contribution >= 0.6 is 11.6 Å². The zero-order chi connectivity index (χ0) is 14.3. The number of hydrogen-bond donors (Lipinski definition) is 1. The average molecular weight is 292 g/mol. The number of fused-ring (bicyclic) bond motifs is 3. The Kier molecular flexibility index (Phi) is 3.38. The predicted octanol–water partition coefficient (Wildman–Crippen LogP) is 3.72. The number of phenolic OH excluding ortho intramolecular Hbond substituents is 1. The Bertz CT molecular complexity index is 656. The Morgan fingerprint density at radius 3 is 2.90 bits per heavy atom. The molecule has 1 aliphatic heterocycles. The smallest absolute Gasteiger partial charge is 0.127 e. The first kappa shape index (κ1) is 13.4. The summed E-state index contributed by atoms with van der Waals surface area (Å²) in [7, 11) is 1.66. The second-order valence-corrected chi connectivity index (χ2v) is 5.41. The number of benzene rings is 2. The second kappa shape index (κ2) is 5.06. The normalized spacial score (nSPS) is 17.6. The molecule has 0 aromatic heterocycles. The molecule has 106 valence electrons. The van der Waals surface area contributed by atoms with Crippen LogP contribution in [0.3, 0.4) is 0 Å². The maximum atomic E-state index is 10.3. The highest BCUT2D eigenvalue weighted by molar-refractivity contribution is 6.19. The molecule has 4 heteroatoms. The van der Waals surface area contributed by atoms with Gasteiger partial charge in [-0.25, -0.2) is 0 Å². The number of nitrogens with zero attached hydrogens (tertiary/aromatic N) is 1. The van der Waals surface area contributed by atoms with Gasteiger partial charge >= 0.3 is 0 Å². The van der Waals surface area contributed by atoms with E-state index in [1.807, 2.05) is 24.3 Å². The van der Waals surface area contributed by atoms with Crippen molar-refractivity contribution in [3.63, 3.8) is 0 Å². The zero-order valence-electron chi connectivity index (χ0n) is 11.7. The standard InChI is InChI=1S/C16H18ClNO2/c1-3-18-9-10(8-17)15-12(18)7-13(19)11-5-4-6-14(20-2)16(11)15/h4-7,10,19H,3,8-9H2,1-2H3/t10-/m1/s1. The maximum Gasteiger partial charge on any atom is 0.127 e. The van der Waals surface area contributed by atoms with Crippen LogP contribution in [0.4, 0.5) is 5.69 Å². The number of ether oxygens (including phenoxy) is 1. The molecule has 0 saturated carbocycles. The van der Waals surface area contributed by atoms with Gasteiger partial charge in [-0.15, -0.1) is 11.6 Å². The van der Waals surface area contributed by atoms with E-state index in [1.54, 1.807) is 7.11 Å². The Morgan fingerprint density at radius 2 is 2.25 bits per heavy atom. The lowest BCUT2D eigenvalue weighted by molar-refractivity contribution is 0.419. The number of methoxy groups -OCH3 is 1. The maximum absolute atomic E-state index is 10.3. The van der Waals surface area contributed by atoms with Crippen LogP contribution in [0.15, 0.2) is 24.3 Å². The first-order valence-electron chi connectivity index (χ1n) is 6.84. The minimum atomic E-state index is 0.269. The topological polar surface area (TPSA) is 32.7 Å². The van der Waals surface area contributed by atoms with Crippen molar-refractivity contribution in [2.24, 2.45) is 0 Å². The van der Waals surface area contributed by atoms with Crippen molar-refractivity contribution in [1.82, 2.24) is 0 Å². The number of rotatable bonds is 3. The van der Waals surface area contributed by atoms with E-state index < -0.39 is 0 Å². The molecule has 3 nitrogen and oxygen atoms in total. The SMILES string of the molecule is CCN1C[C@@H](CCl)c2c1cc(O)c1cccc(OC)c21. The monoisotopic (exact) mass is 291 g/mol. The minimum absolute atomic E-state index is 0.269. The second-order valence-electron chi connectivity index (χ2n) is 5.10. The van der Waals surface area contributed by atoms with Gasteiger partial charge in [0.1, 0.15) is 11.5 Å². The highest BCUT2D eigenvalue weighted by atomic mass is 35.5. The lowest BCUT2D eigenvalue weighted by atomic mass is 9.94. The van der Waals surface area contributed by atoms with Gasteiger partial charge in [-0.2, -0.15) is 0 Å². The van der Waals surface area contributed by atoms with Gasteiger partial charge < -0.3 is 14.7 Å². The summed E-state index contributed by atoms with van der Waals surface area (Å²) in [6.45, 7) is 3.91. The third-order valence-electron chi connectivity index (χ3n) is 4.10. The Hall–Kier alpha value is -1.61. The van der Waals surface area contributed by atoms with E-state index in [9.17, 15) is 5.11 Å². The first-order valence-corrected chi connectivity index (χ1v) is 7.38. The van der Waals surface area contributed by atoms with Crippen molar-refractivity contribution < 1.29 is 9.84 Å². The van der Waals surface area contributed by atoms with E-state index in [0.717, 1.165) is 35.3 Å². The number of likely N-dealkylation sites (N-methyl/N-ethyl adjacent to an activating group) is 1. The molecule has 20 heavy (non-hydrogen) atoms. The van der Waals surface area contributed by atoms with Gasteiger partial charge in [0.25, 0.3) is 0 Å². The van der Waals surface area contributed by atoms with Gasteiger partial charge in [0.05, 0.1) is 7.11 Å². The molecular formula is C16H18ClNO2. The van der Waals surface area contributed by atoms with E-state index in [-0.39, 0.29) is 5.92 Å². The number of alkyl halides is 1. The fourth-order valence-electron chi connectivity index (χ4n) is 3.16. The number of anilines is 1. The fraction of sp³-hybridized carbons (Fsp3) is 0.375. The molecule has 1 N–H and O–H groups in total. The predicted molar refractivity (Wildman–Crippen MR) is 83.5 cm³/mol. The minimum Gasteiger partial charge on any atom is -0.507 e. The number of aromatic hydroxyl groups is 1. The van der Waals surface area contributed by atoms with Gasteiger partial charge in [-0.3, -0.25) is 0 Å². The molecule has 1 aliphatic rings. The molecule has 0 saturated heterocycles. The van der Waals surface area contributed by atoms with Crippen molar-refractivity contribution in [1.29, 1.82) is 0 Å². The molecule has 1 heterocycles. The average Bonchev–Trinajstić information content (AvgIpc) is 2.84. The van der Waals surface area contributed by atoms with E-state index in [0.29, 0.717) is 11.6 Å². The van der Waals surface area contributed by atoms with Crippen LogP contribution in [0.25, 0.3) is 10.8 Å². The number of phenols is 1.